The van der Waals surface area contributed by atoms with Crippen molar-refractivity contribution in [2.24, 2.45) is 0 Å². The molecule has 6 heteroatoms. The molecule has 0 spiro atoms. The van der Waals surface area contributed by atoms with E-state index in [0.29, 0.717) is 5.95 Å². The zero-order valence-electron chi connectivity index (χ0n) is 12.2. The van der Waals surface area contributed by atoms with E-state index in [0.717, 1.165) is 29.9 Å². The SMILES string of the molecule is CN(C)CCNc1nccc(-n2cnc3ccccc32)n1. The highest BCUT2D eigenvalue weighted by Gasteiger charge is 2.06. The summed E-state index contributed by atoms with van der Waals surface area (Å²) in [5, 5.41) is 3.23. The minimum absolute atomic E-state index is 0.632. The number of para-hydroxylation sites is 2. The summed E-state index contributed by atoms with van der Waals surface area (Å²) in [6.07, 6.45) is 3.55. The maximum atomic E-state index is 4.54. The van der Waals surface area contributed by atoms with Crippen LogP contribution in [0.25, 0.3) is 16.9 Å². The summed E-state index contributed by atoms with van der Waals surface area (Å²) >= 11 is 0. The molecule has 0 fully saturated rings. The fraction of sp³-hybridized carbons (Fsp3) is 0.267. The molecule has 6 nitrogen and oxygen atoms in total. The topological polar surface area (TPSA) is 58.9 Å². The zero-order chi connectivity index (χ0) is 14.7. The van der Waals surface area contributed by atoms with Crippen LogP contribution in [0, 0.1) is 0 Å². The Morgan fingerprint density at radius 3 is 2.86 bits per heavy atom. The number of fused-ring (bicyclic) bond motifs is 1. The molecule has 0 radical (unpaired) electrons. The van der Waals surface area contributed by atoms with Gasteiger partial charge in [-0.1, -0.05) is 12.1 Å². The van der Waals surface area contributed by atoms with E-state index < -0.39 is 0 Å². The van der Waals surface area contributed by atoms with E-state index in [-0.39, 0.29) is 0 Å². The third-order valence-corrected chi connectivity index (χ3v) is 3.18. The molecule has 0 aliphatic heterocycles. The molecule has 3 rings (SSSR count). The second kappa shape index (κ2) is 5.88. The Labute approximate surface area is 123 Å². The molecule has 0 saturated heterocycles. The molecule has 3 aromatic rings. The van der Waals surface area contributed by atoms with Crippen molar-refractivity contribution in [1.82, 2.24) is 24.4 Å². The molecule has 0 unspecified atom stereocenters. The lowest BCUT2D eigenvalue weighted by Gasteiger charge is -2.11. The van der Waals surface area contributed by atoms with Gasteiger partial charge in [0.25, 0.3) is 0 Å². The molecule has 2 aromatic heterocycles. The molecule has 2 heterocycles. The van der Waals surface area contributed by atoms with Crippen molar-refractivity contribution >= 4 is 17.0 Å². The van der Waals surface area contributed by atoms with Gasteiger partial charge in [0.15, 0.2) is 0 Å². The number of anilines is 1. The molecule has 0 aliphatic carbocycles. The van der Waals surface area contributed by atoms with Gasteiger partial charge in [-0.2, -0.15) is 4.98 Å². The summed E-state index contributed by atoms with van der Waals surface area (Å²) in [5.74, 6) is 1.44. The van der Waals surface area contributed by atoms with Crippen molar-refractivity contribution in [2.75, 3.05) is 32.5 Å². The largest absolute Gasteiger partial charge is 0.353 e. The van der Waals surface area contributed by atoms with Gasteiger partial charge in [0.1, 0.15) is 12.1 Å². The van der Waals surface area contributed by atoms with Crippen molar-refractivity contribution < 1.29 is 0 Å². The van der Waals surface area contributed by atoms with Gasteiger partial charge in [-0.3, -0.25) is 4.57 Å². The molecular weight excluding hydrogens is 264 g/mol. The Hall–Kier alpha value is -2.47. The number of hydrogen-bond donors (Lipinski definition) is 1. The van der Waals surface area contributed by atoms with Gasteiger partial charge in [-0.05, 0) is 32.3 Å². The van der Waals surface area contributed by atoms with E-state index in [1.807, 2.05) is 49.0 Å². The lowest BCUT2D eigenvalue weighted by molar-refractivity contribution is 0.425. The minimum Gasteiger partial charge on any atom is -0.353 e. The maximum absolute atomic E-state index is 4.54. The number of nitrogens with zero attached hydrogens (tertiary/aromatic N) is 5. The van der Waals surface area contributed by atoms with Gasteiger partial charge in [0.2, 0.25) is 5.95 Å². The van der Waals surface area contributed by atoms with Gasteiger partial charge < -0.3 is 10.2 Å². The average Bonchev–Trinajstić information content (AvgIpc) is 2.91. The van der Waals surface area contributed by atoms with Crippen LogP contribution in [0.2, 0.25) is 0 Å². The van der Waals surface area contributed by atoms with Crippen LogP contribution in [-0.2, 0) is 0 Å². The molecule has 1 aromatic carbocycles. The van der Waals surface area contributed by atoms with Gasteiger partial charge >= 0.3 is 0 Å². The normalized spacial score (nSPS) is 11.2. The van der Waals surface area contributed by atoms with Crippen LogP contribution >= 0.6 is 0 Å². The number of imidazole rings is 1. The summed E-state index contributed by atoms with van der Waals surface area (Å²) in [6.45, 7) is 1.74. The van der Waals surface area contributed by atoms with Crippen molar-refractivity contribution in [3.63, 3.8) is 0 Å². The fourth-order valence-electron chi connectivity index (χ4n) is 2.10. The van der Waals surface area contributed by atoms with E-state index >= 15 is 0 Å². The number of aromatic nitrogens is 4. The van der Waals surface area contributed by atoms with Gasteiger partial charge in [-0.15, -0.1) is 0 Å². The Balaban J connectivity index is 1.85. The van der Waals surface area contributed by atoms with Crippen molar-refractivity contribution in [3.8, 4) is 5.82 Å². The van der Waals surface area contributed by atoms with Gasteiger partial charge in [0.05, 0.1) is 11.0 Å². The summed E-state index contributed by atoms with van der Waals surface area (Å²) in [7, 11) is 4.08. The molecule has 0 atom stereocenters. The predicted molar refractivity (Wildman–Crippen MR) is 83.7 cm³/mol. The van der Waals surface area contributed by atoms with E-state index in [2.05, 4.69) is 25.2 Å². The number of nitrogens with one attached hydrogen (secondary N) is 1. The number of rotatable bonds is 5. The van der Waals surface area contributed by atoms with Crippen LogP contribution < -0.4 is 5.32 Å². The Bertz CT molecular complexity index is 734. The van der Waals surface area contributed by atoms with Crippen LogP contribution in [0.15, 0.2) is 42.9 Å². The third-order valence-electron chi connectivity index (χ3n) is 3.18. The van der Waals surface area contributed by atoms with Crippen molar-refractivity contribution in [3.05, 3.63) is 42.9 Å². The first-order valence-electron chi connectivity index (χ1n) is 6.88. The first-order valence-corrected chi connectivity index (χ1v) is 6.88. The van der Waals surface area contributed by atoms with Crippen molar-refractivity contribution in [2.45, 2.75) is 0 Å². The maximum Gasteiger partial charge on any atom is 0.224 e. The van der Waals surface area contributed by atoms with Crippen LogP contribution in [0.5, 0.6) is 0 Å². The molecule has 0 aliphatic rings. The number of likely N-dealkylation sites (N-methyl/N-ethyl adjacent to an activating group) is 1. The fourth-order valence-corrected chi connectivity index (χ4v) is 2.10. The highest BCUT2D eigenvalue weighted by molar-refractivity contribution is 5.76. The van der Waals surface area contributed by atoms with Crippen LogP contribution in [0.3, 0.4) is 0 Å². The van der Waals surface area contributed by atoms with E-state index in [4.69, 9.17) is 0 Å². The first kappa shape index (κ1) is 13.5. The second-order valence-electron chi connectivity index (χ2n) is 5.07. The van der Waals surface area contributed by atoms with Crippen LogP contribution in [-0.4, -0.2) is 51.6 Å². The van der Waals surface area contributed by atoms with Crippen LogP contribution in [0.4, 0.5) is 5.95 Å². The highest BCUT2D eigenvalue weighted by Crippen LogP contribution is 2.16. The third kappa shape index (κ3) is 3.00. The van der Waals surface area contributed by atoms with Crippen LogP contribution in [0.1, 0.15) is 0 Å². The second-order valence-corrected chi connectivity index (χ2v) is 5.07. The van der Waals surface area contributed by atoms with E-state index in [9.17, 15) is 0 Å². The number of hydrogen-bond acceptors (Lipinski definition) is 5. The molecule has 1 N–H and O–H groups in total. The zero-order valence-corrected chi connectivity index (χ0v) is 12.2. The minimum atomic E-state index is 0.632. The molecule has 0 bridgehead atoms. The van der Waals surface area contributed by atoms with Crippen molar-refractivity contribution in [1.29, 1.82) is 0 Å². The predicted octanol–water partition coefficient (Wildman–Crippen LogP) is 1.79. The van der Waals surface area contributed by atoms with E-state index in [1.54, 1.807) is 12.5 Å². The summed E-state index contributed by atoms with van der Waals surface area (Å²) in [6, 6.07) is 9.88. The molecular formula is C15H18N6. The Kier molecular flexibility index (Phi) is 3.79. The molecule has 0 amide bonds. The molecule has 21 heavy (non-hydrogen) atoms. The molecule has 108 valence electrons. The standard InChI is InChI=1S/C15H18N6/c1-20(2)10-9-17-15-16-8-7-14(19-15)21-11-18-12-5-3-4-6-13(12)21/h3-8,11H,9-10H2,1-2H3,(H,16,17,19). The lowest BCUT2D eigenvalue weighted by atomic mass is 10.3. The average molecular weight is 282 g/mol. The molecule has 0 saturated carbocycles. The Morgan fingerprint density at radius 1 is 1.14 bits per heavy atom. The lowest BCUT2D eigenvalue weighted by Crippen LogP contribution is -2.21. The Morgan fingerprint density at radius 2 is 2.00 bits per heavy atom. The summed E-state index contributed by atoms with van der Waals surface area (Å²) in [4.78, 5) is 15.3. The first-order chi connectivity index (χ1) is 10.2. The van der Waals surface area contributed by atoms with E-state index in [1.165, 1.54) is 0 Å². The quantitative estimate of drug-likeness (QED) is 0.773. The van der Waals surface area contributed by atoms with Gasteiger partial charge in [0, 0.05) is 19.3 Å². The highest BCUT2D eigenvalue weighted by atomic mass is 15.2. The van der Waals surface area contributed by atoms with Gasteiger partial charge in [-0.25, -0.2) is 9.97 Å². The number of benzene rings is 1. The monoisotopic (exact) mass is 282 g/mol. The summed E-state index contributed by atoms with van der Waals surface area (Å²) in [5.41, 5.74) is 1.99. The summed E-state index contributed by atoms with van der Waals surface area (Å²) < 4.78 is 1.97. The smallest absolute Gasteiger partial charge is 0.224 e.